The predicted octanol–water partition coefficient (Wildman–Crippen LogP) is 1.71. The minimum Gasteiger partial charge on any atom is -0.250 e. The molecule has 0 fully saturated rings. The second-order valence-corrected chi connectivity index (χ2v) is 4.54. The summed E-state index contributed by atoms with van der Waals surface area (Å²) in [5.74, 6) is 0. The molecule has 21 heavy (non-hydrogen) atoms. The summed E-state index contributed by atoms with van der Waals surface area (Å²) < 4.78 is 3.39. The summed E-state index contributed by atoms with van der Waals surface area (Å²) in [6.07, 6.45) is 1.64. The molecule has 0 spiro atoms. The van der Waals surface area contributed by atoms with E-state index in [1.165, 1.54) is 0 Å². The quantitative estimate of drug-likeness (QED) is 0.422. The molecule has 7 nitrogen and oxygen atoms in total. The molecule has 4 aromatic rings. The van der Waals surface area contributed by atoms with E-state index in [0.717, 1.165) is 22.1 Å². The molecule has 4 rings (SSSR count). The molecule has 102 valence electrons. The van der Waals surface area contributed by atoms with Crippen molar-refractivity contribution in [3.05, 3.63) is 48.5 Å². The molecule has 2 aromatic carbocycles. The van der Waals surface area contributed by atoms with Gasteiger partial charge in [0.25, 0.3) is 0 Å². The largest absolute Gasteiger partial charge is 0.250 e. The Labute approximate surface area is 119 Å². The average Bonchev–Trinajstić information content (AvgIpc) is 3.13. The summed E-state index contributed by atoms with van der Waals surface area (Å²) in [6, 6.07) is 15.5. The van der Waals surface area contributed by atoms with Gasteiger partial charge in [0.05, 0.1) is 11.0 Å². The van der Waals surface area contributed by atoms with Gasteiger partial charge >= 0.3 is 0 Å². The van der Waals surface area contributed by atoms with Crippen LogP contribution in [0.2, 0.25) is 0 Å². The molecule has 0 bridgehead atoms. The van der Waals surface area contributed by atoms with Crippen molar-refractivity contribution in [2.75, 3.05) is 0 Å². The number of aromatic nitrogens is 6. The first kappa shape index (κ1) is 11.7. The van der Waals surface area contributed by atoms with Crippen LogP contribution in [-0.4, -0.2) is 36.3 Å². The van der Waals surface area contributed by atoms with Crippen LogP contribution >= 0.6 is 0 Å². The fraction of sp³-hybridized carbons (Fsp3) is 0.0714. The first-order chi connectivity index (χ1) is 10.4. The van der Waals surface area contributed by atoms with E-state index in [-0.39, 0.29) is 0 Å². The van der Waals surface area contributed by atoms with Crippen molar-refractivity contribution in [1.82, 2.24) is 30.0 Å². The number of rotatable bonds is 3. The SMILES string of the molecule is C(=N\Cn1nnc2ccccc21)/n1nnc2ccccc21. The third-order valence-electron chi connectivity index (χ3n) is 3.20. The topological polar surface area (TPSA) is 73.8 Å². The highest BCUT2D eigenvalue weighted by Crippen LogP contribution is 2.10. The maximum absolute atomic E-state index is 4.35. The maximum Gasteiger partial charge on any atom is 0.135 e. The lowest BCUT2D eigenvalue weighted by Gasteiger charge is -1.97. The van der Waals surface area contributed by atoms with Crippen LogP contribution in [0.4, 0.5) is 0 Å². The number of hydrogen-bond donors (Lipinski definition) is 0. The molecule has 0 radical (unpaired) electrons. The van der Waals surface area contributed by atoms with Crippen molar-refractivity contribution in [2.45, 2.75) is 6.67 Å². The summed E-state index contributed by atoms with van der Waals surface area (Å²) in [5, 5.41) is 16.3. The van der Waals surface area contributed by atoms with Gasteiger partial charge in [-0.1, -0.05) is 34.7 Å². The van der Waals surface area contributed by atoms with Crippen molar-refractivity contribution < 1.29 is 0 Å². The highest BCUT2D eigenvalue weighted by Gasteiger charge is 2.02. The molecule has 0 aliphatic carbocycles. The Bertz CT molecular complexity index is 934. The van der Waals surface area contributed by atoms with Gasteiger partial charge in [0, 0.05) is 0 Å². The van der Waals surface area contributed by atoms with Gasteiger partial charge in [-0.25, -0.2) is 14.4 Å². The number of nitrogens with zero attached hydrogens (tertiary/aromatic N) is 7. The van der Waals surface area contributed by atoms with Crippen molar-refractivity contribution in [3.8, 4) is 0 Å². The predicted molar refractivity (Wildman–Crippen MR) is 78.9 cm³/mol. The molecule has 0 aliphatic heterocycles. The van der Waals surface area contributed by atoms with Gasteiger partial charge in [-0.05, 0) is 24.3 Å². The Balaban J connectivity index is 1.61. The summed E-state index contributed by atoms with van der Waals surface area (Å²) in [6.45, 7) is 0.384. The van der Waals surface area contributed by atoms with Gasteiger partial charge in [-0.15, -0.1) is 10.2 Å². The molecule has 7 heteroatoms. The Kier molecular flexibility index (Phi) is 2.67. The summed E-state index contributed by atoms with van der Waals surface area (Å²) in [7, 11) is 0. The van der Waals surface area contributed by atoms with Crippen LogP contribution in [0.15, 0.2) is 53.5 Å². The molecule has 2 heterocycles. The highest BCUT2D eigenvalue weighted by atomic mass is 15.5. The van der Waals surface area contributed by atoms with Crippen molar-refractivity contribution in [3.63, 3.8) is 0 Å². The molecule has 0 atom stereocenters. The normalized spacial score (nSPS) is 11.8. The van der Waals surface area contributed by atoms with E-state index in [9.17, 15) is 0 Å². The van der Waals surface area contributed by atoms with Gasteiger partial charge < -0.3 is 0 Å². The first-order valence-electron chi connectivity index (χ1n) is 6.50. The van der Waals surface area contributed by atoms with Crippen molar-refractivity contribution in [1.29, 1.82) is 0 Å². The average molecular weight is 277 g/mol. The van der Waals surface area contributed by atoms with Crippen molar-refractivity contribution in [2.24, 2.45) is 4.99 Å². The van der Waals surface area contributed by atoms with E-state index in [0.29, 0.717) is 6.67 Å². The molecule has 0 N–H and O–H groups in total. The van der Waals surface area contributed by atoms with Crippen molar-refractivity contribution >= 4 is 28.4 Å². The number of fused-ring (bicyclic) bond motifs is 2. The van der Waals surface area contributed by atoms with Gasteiger partial charge in [-0.3, -0.25) is 0 Å². The van der Waals surface area contributed by atoms with E-state index in [4.69, 9.17) is 0 Å². The summed E-state index contributed by atoms with van der Waals surface area (Å²) in [5.41, 5.74) is 3.58. The van der Waals surface area contributed by atoms with E-state index in [1.807, 2.05) is 48.5 Å². The summed E-state index contributed by atoms with van der Waals surface area (Å²) >= 11 is 0. The van der Waals surface area contributed by atoms with Crippen LogP contribution in [0, 0.1) is 0 Å². The maximum atomic E-state index is 4.35. The molecule has 0 saturated carbocycles. The van der Waals surface area contributed by atoms with Crippen LogP contribution in [0.25, 0.3) is 22.1 Å². The second-order valence-electron chi connectivity index (χ2n) is 4.54. The Morgan fingerprint density at radius 2 is 1.52 bits per heavy atom. The first-order valence-corrected chi connectivity index (χ1v) is 6.50. The highest BCUT2D eigenvalue weighted by molar-refractivity contribution is 5.80. The van der Waals surface area contributed by atoms with Gasteiger partial charge in [0.2, 0.25) is 0 Å². The zero-order valence-electron chi connectivity index (χ0n) is 11.0. The molecular weight excluding hydrogens is 266 g/mol. The third kappa shape index (κ3) is 2.04. The number of hydrogen-bond acceptors (Lipinski definition) is 5. The molecule has 2 aromatic heterocycles. The molecular formula is C14H11N7. The number of benzene rings is 2. The fourth-order valence-corrected chi connectivity index (χ4v) is 2.19. The standard InChI is InChI=1S/C14H11N7/c1-3-7-13-11(5-1)16-18-20(13)9-15-10-21-14-8-4-2-6-12(14)17-19-21/h1-9H,10H2/b15-9+. The van der Waals surface area contributed by atoms with Crippen LogP contribution in [0.3, 0.4) is 0 Å². The Morgan fingerprint density at radius 1 is 0.857 bits per heavy atom. The van der Waals surface area contributed by atoms with Gasteiger partial charge in [0.1, 0.15) is 24.0 Å². The zero-order chi connectivity index (χ0) is 14.1. The van der Waals surface area contributed by atoms with Crippen LogP contribution in [0.1, 0.15) is 0 Å². The smallest absolute Gasteiger partial charge is 0.135 e. The minimum absolute atomic E-state index is 0.384. The Hall–Kier alpha value is -3.09. The summed E-state index contributed by atoms with van der Waals surface area (Å²) in [4.78, 5) is 4.35. The van der Waals surface area contributed by atoms with Crippen LogP contribution < -0.4 is 0 Å². The monoisotopic (exact) mass is 277 g/mol. The second kappa shape index (κ2) is 4.78. The van der Waals surface area contributed by atoms with E-state index < -0.39 is 0 Å². The zero-order valence-corrected chi connectivity index (χ0v) is 11.0. The van der Waals surface area contributed by atoms with Crippen LogP contribution in [-0.2, 0) is 6.67 Å². The van der Waals surface area contributed by atoms with Gasteiger partial charge in [0.15, 0.2) is 0 Å². The molecule has 0 amide bonds. The molecule has 0 unspecified atom stereocenters. The lowest BCUT2D eigenvalue weighted by atomic mass is 10.3. The lowest BCUT2D eigenvalue weighted by molar-refractivity contribution is 0.628. The fourth-order valence-electron chi connectivity index (χ4n) is 2.19. The van der Waals surface area contributed by atoms with E-state index in [1.54, 1.807) is 15.7 Å². The van der Waals surface area contributed by atoms with Crippen LogP contribution in [0.5, 0.6) is 0 Å². The Morgan fingerprint density at radius 3 is 2.38 bits per heavy atom. The lowest BCUT2D eigenvalue weighted by Crippen LogP contribution is -2.02. The molecule has 0 aliphatic rings. The van der Waals surface area contributed by atoms with E-state index in [2.05, 4.69) is 25.6 Å². The molecule has 0 saturated heterocycles. The minimum atomic E-state index is 0.384. The number of para-hydroxylation sites is 2. The third-order valence-corrected chi connectivity index (χ3v) is 3.20. The number of aliphatic imine (C=N–C) groups is 1. The van der Waals surface area contributed by atoms with Gasteiger partial charge in [-0.2, -0.15) is 0 Å². The van der Waals surface area contributed by atoms with E-state index >= 15 is 0 Å².